The lowest BCUT2D eigenvalue weighted by Crippen LogP contribution is -2.26. The Balaban J connectivity index is 2.18. The summed E-state index contributed by atoms with van der Waals surface area (Å²) in [6.07, 6.45) is 1.70. The zero-order valence-corrected chi connectivity index (χ0v) is 10.6. The molecule has 3 N–H and O–H groups in total. The van der Waals surface area contributed by atoms with Gasteiger partial charge in [-0.2, -0.15) is 0 Å². The topological polar surface area (TPSA) is 86.2 Å². The van der Waals surface area contributed by atoms with E-state index in [0.717, 1.165) is 13.1 Å². The molecule has 1 heterocycles. The van der Waals surface area contributed by atoms with Crippen LogP contribution >= 0.6 is 0 Å². The fraction of sp³-hybridized carbons (Fsp3) is 0.300. The Labute approximate surface area is 107 Å². The summed E-state index contributed by atoms with van der Waals surface area (Å²) in [7, 11) is 1.57. The lowest BCUT2D eigenvalue weighted by molar-refractivity contribution is 0.413. The standard InChI is InChI=1S/C10H14N4O3S/c1-17-10-3-2-8(13-18(15)16)6-9(10)12-14-5-4-11-7-14/h2-3,6-7,12-13H,4-5H2,1H3,(H,15,16). The Hall–Kier alpha value is -1.80. The highest BCUT2D eigenvalue weighted by molar-refractivity contribution is 7.80. The maximum Gasteiger partial charge on any atom is 0.259 e. The molecule has 0 radical (unpaired) electrons. The van der Waals surface area contributed by atoms with Crippen LogP contribution in [0.3, 0.4) is 0 Å². The minimum atomic E-state index is -2.10. The molecule has 2 rings (SSSR count). The number of methoxy groups -OCH3 is 1. The van der Waals surface area contributed by atoms with Gasteiger partial charge in [-0.3, -0.25) is 24.7 Å². The maximum atomic E-state index is 10.7. The van der Waals surface area contributed by atoms with Crippen molar-refractivity contribution >= 4 is 29.0 Å². The molecule has 8 heteroatoms. The molecule has 18 heavy (non-hydrogen) atoms. The molecule has 1 atom stereocenters. The molecule has 0 spiro atoms. The summed E-state index contributed by atoms with van der Waals surface area (Å²) in [5.74, 6) is 0.643. The average molecular weight is 270 g/mol. The molecule has 1 aliphatic heterocycles. The zero-order valence-electron chi connectivity index (χ0n) is 9.79. The normalized spacial score (nSPS) is 15.6. The number of nitrogens with one attached hydrogen (secondary N) is 2. The fourth-order valence-corrected chi connectivity index (χ4v) is 1.91. The molecule has 0 bridgehead atoms. The van der Waals surface area contributed by atoms with Crippen molar-refractivity contribution in [2.24, 2.45) is 4.99 Å². The number of rotatable bonds is 5. The van der Waals surface area contributed by atoms with E-state index in [1.54, 1.807) is 31.6 Å². The van der Waals surface area contributed by atoms with Gasteiger partial charge in [-0.15, -0.1) is 0 Å². The molecule has 0 amide bonds. The van der Waals surface area contributed by atoms with E-state index in [4.69, 9.17) is 9.29 Å². The monoisotopic (exact) mass is 270 g/mol. The molecule has 98 valence electrons. The van der Waals surface area contributed by atoms with E-state index in [-0.39, 0.29) is 0 Å². The molecule has 1 aliphatic rings. The summed E-state index contributed by atoms with van der Waals surface area (Å²) >= 11 is -2.10. The third-order valence-electron chi connectivity index (χ3n) is 2.36. The number of ether oxygens (including phenoxy) is 1. The molecule has 0 fully saturated rings. The van der Waals surface area contributed by atoms with Crippen LogP contribution in [-0.4, -0.2) is 40.3 Å². The molecule has 1 aromatic carbocycles. The van der Waals surface area contributed by atoms with E-state index in [1.807, 2.05) is 5.01 Å². The Kier molecular flexibility index (Phi) is 4.00. The molecule has 0 aliphatic carbocycles. The van der Waals surface area contributed by atoms with Gasteiger partial charge < -0.3 is 4.74 Å². The van der Waals surface area contributed by atoms with Crippen LogP contribution in [0.5, 0.6) is 5.75 Å². The average Bonchev–Trinajstić information content (AvgIpc) is 2.81. The van der Waals surface area contributed by atoms with Gasteiger partial charge in [-0.25, -0.2) is 4.21 Å². The molecule has 1 aromatic rings. The summed E-state index contributed by atoms with van der Waals surface area (Å²) < 4.78 is 27.1. The number of aliphatic imine (C=N–C) groups is 1. The summed E-state index contributed by atoms with van der Waals surface area (Å²) in [5, 5.41) is 1.82. The highest BCUT2D eigenvalue weighted by Crippen LogP contribution is 2.28. The van der Waals surface area contributed by atoms with Crippen molar-refractivity contribution in [2.75, 3.05) is 30.3 Å². The second-order valence-electron chi connectivity index (χ2n) is 3.59. The van der Waals surface area contributed by atoms with E-state index in [2.05, 4.69) is 15.1 Å². The van der Waals surface area contributed by atoms with E-state index >= 15 is 0 Å². The van der Waals surface area contributed by atoms with Gasteiger partial charge in [-0.1, -0.05) is 0 Å². The van der Waals surface area contributed by atoms with Crippen molar-refractivity contribution in [3.63, 3.8) is 0 Å². The number of hydrogen-bond donors (Lipinski definition) is 3. The SMILES string of the molecule is COc1ccc(NS(=O)O)cc1NN1C=NCC1. The molecule has 1 unspecified atom stereocenters. The number of hydrazine groups is 1. The van der Waals surface area contributed by atoms with Gasteiger partial charge in [0, 0.05) is 0 Å². The molecular formula is C10H14N4O3S. The number of benzene rings is 1. The van der Waals surface area contributed by atoms with Gasteiger partial charge >= 0.3 is 0 Å². The first-order chi connectivity index (χ1) is 8.69. The van der Waals surface area contributed by atoms with Gasteiger partial charge in [0.15, 0.2) is 0 Å². The quantitative estimate of drug-likeness (QED) is 0.692. The summed E-state index contributed by atoms with van der Waals surface area (Å²) in [5.41, 5.74) is 4.33. The molecule has 0 saturated heterocycles. The highest BCUT2D eigenvalue weighted by atomic mass is 32.2. The first kappa shape index (κ1) is 12.7. The van der Waals surface area contributed by atoms with E-state index in [1.165, 1.54) is 0 Å². The Morgan fingerprint density at radius 2 is 2.39 bits per heavy atom. The lowest BCUT2D eigenvalue weighted by Gasteiger charge is -2.19. The van der Waals surface area contributed by atoms with Crippen molar-refractivity contribution in [3.8, 4) is 5.75 Å². The third kappa shape index (κ3) is 3.11. The first-order valence-corrected chi connectivity index (χ1v) is 6.38. The number of nitrogens with zero attached hydrogens (tertiary/aromatic N) is 2. The van der Waals surface area contributed by atoms with Crippen molar-refractivity contribution in [1.82, 2.24) is 5.01 Å². The Morgan fingerprint density at radius 1 is 1.56 bits per heavy atom. The Bertz CT molecular complexity index is 480. The third-order valence-corrected chi connectivity index (χ3v) is 2.77. The van der Waals surface area contributed by atoms with Crippen LogP contribution in [0, 0.1) is 0 Å². The molecular weight excluding hydrogens is 256 g/mol. The number of hydrogen-bond acceptors (Lipinski definition) is 5. The van der Waals surface area contributed by atoms with E-state index in [9.17, 15) is 4.21 Å². The van der Waals surface area contributed by atoms with Gasteiger partial charge in [-0.05, 0) is 18.2 Å². The maximum absolute atomic E-state index is 10.7. The van der Waals surface area contributed by atoms with Crippen molar-refractivity contribution < 1.29 is 13.5 Å². The smallest absolute Gasteiger partial charge is 0.259 e. The van der Waals surface area contributed by atoms with Crippen LogP contribution in [0.1, 0.15) is 0 Å². The highest BCUT2D eigenvalue weighted by Gasteiger charge is 2.10. The molecule has 0 aromatic heterocycles. The largest absolute Gasteiger partial charge is 0.495 e. The predicted molar refractivity (Wildman–Crippen MR) is 71.1 cm³/mol. The number of anilines is 2. The van der Waals surface area contributed by atoms with Gasteiger partial charge in [0.1, 0.15) is 12.1 Å². The summed E-state index contributed by atoms with van der Waals surface area (Å²) in [4.78, 5) is 4.08. The molecule has 0 saturated carbocycles. The summed E-state index contributed by atoms with van der Waals surface area (Å²) in [6, 6.07) is 5.07. The van der Waals surface area contributed by atoms with Crippen LogP contribution in [0.25, 0.3) is 0 Å². The van der Waals surface area contributed by atoms with Crippen LogP contribution in [0.4, 0.5) is 11.4 Å². The molecule has 7 nitrogen and oxygen atoms in total. The minimum Gasteiger partial charge on any atom is -0.495 e. The van der Waals surface area contributed by atoms with Gasteiger partial charge in [0.25, 0.3) is 11.3 Å². The van der Waals surface area contributed by atoms with E-state index in [0.29, 0.717) is 17.1 Å². The minimum absolute atomic E-state index is 0.523. The van der Waals surface area contributed by atoms with Crippen LogP contribution in [0.15, 0.2) is 23.2 Å². The van der Waals surface area contributed by atoms with Gasteiger partial charge in [0.05, 0.1) is 31.6 Å². The first-order valence-electron chi connectivity index (χ1n) is 5.28. The zero-order chi connectivity index (χ0) is 13.0. The van der Waals surface area contributed by atoms with Crippen molar-refractivity contribution in [3.05, 3.63) is 18.2 Å². The van der Waals surface area contributed by atoms with E-state index < -0.39 is 11.3 Å². The Morgan fingerprint density at radius 3 is 3.00 bits per heavy atom. The second-order valence-corrected chi connectivity index (χ2v) is 4.30. The van der Waals surface area contributed by atoms with Gasteiger partial charge in [0.2, 0.25) is 0 Å². The lowest BCUT2D eigenvalue weighted by atomic mass is 10.2. The van der Waals surface area contributed by atoms with Crippen LogP contribution in [0.2, 0.25) is 0 Å². The predicted octanol–water partition coefficient (Wildman–Crippen LogP) is 0.915. The van der Waals surface area contributed by atoms with Crippen LogP contribution in [-0.2, 0) is 11.3 Å². The fourth-order valence-electron chi connectivity index (χ4n) is 1.58. The van der Waals surface area contributed by atoms with Crippen molar-refractivity contribution in [2.45, 2.75) is 0 Å². The van der Waals surface area contributed by atoms with Crippen molar-refractivity contribution in [1.29, 1.82) is 0 Å². The van der Waals surface area contributed by atoms with Crippen LogP contribution < -0.4 is 14.9 Å². The summed E-state index contributed by atoms with van der Waals surface area (Å²) in [6.45, 7) is 1.51. The second kappa shape index (κ2) is 5.69.